The molecule has 0 saturated carbocycles. The van der Waals surface area contributed by atoms with Gasteiger partial charge in [-0.05, 0) is 38.5 Å². The zero-order valence-electron chi connectivity index (χ0n) is 18.2. The highest BCUT2D eigenvalue weighted by atomic mass is 32.2. The van der Waals surface area contributed by atoms with E-state index in [-0.39, 0.29) is 23.8 Å². The lowest BCUT2D eigenvalue weighted by Crippen LogP contribution is -2.44. The van der Waals surface area contributed by atoms with Crippen molar-refractivity contribution >= 4 is 27.4 Å². The molecule has 2 N–H and O–H groups in total. The number of amides is 2. The quantitative estimate of drug-likeness (QED) is 0.619. The van der Waals surface area contributed by atoms with Crippen LogP contribution in [0.5, 0.6) is 5.75 Å². The molecule has 2 atom stereocenters. The van der Waals surface area contributed by atoms with Crippen LogP contribution in [0.3, 0.4) is 0 Å². The highest BCUT2D eigenvalue weighted by Gasteiger charge is 2.41. The van der Waals surface area contributed by atoms with Crippen molar-refractivity contribution in [2.24, 2.45) is 0 Å². The van der Waals surface area contributed by atoms with Crippen molar-refractivity contribution in [2.45, 2.75) is 32.4 Å². The number of sulfonamides is 1. The van der Waals surface area contributed by atoms with Gasteiger partial charge in [0.15, 0.2) is 0 Å². The summed E-state index contributed by atoms with van der Waals surface area (Å²) in [6.07, 6.45) is 1.44. The molecular formula is C21H27FN4O5S. The standard InChI is InChI=1S/C21H27FN4O5S/c1-4-32(28,29)26-8-7-20(19(26)13-30-3)31-18-10-15(22)9-17(11-18)25-21(27)24-16-6-5-14(2)23-12-16/h5-6,9-12,19-20H,4,7-8,13H2,1-3H3,(H2,24,25,27)/t19-,20+/m1/s1. The Kier molecular flexibility index (Phi) is 7.64. The van der Waals surface area contributed by atoms with Crippen LogP contribution in [-0.4, -0.2) is 61.9 Å². The molecule has 1 aliphatic rings. The topological polar surface area (TPSA) is 110 Å². The fraction of sp³-hybridized carbons (Fsp3) is 0.429. The number of anilines is 2. The minimum atomic E-state index is -3.43. The van der Waals surface area contributed by atoms with E-state index >= 15 is 0 Å². The Bertz CT molecular complexity index is 1050. The highest BCUT2D eigenvalue weighted by Crippen LogP contribution is 2.29. The van der Waals surface area contributed by atoms with Gasteiger partial charge in [-0.15, -0.1) is 0 Å². The third-order valence-electron chi connectivity index (χ3n) is 5.08. The summed E-state index contributed by atoms with van der Waals surface area (Å²) in [5.74, 6) is -0.451. The van der Waals surface area contributed by atoms with Crippen LogP contribution in [0.25, 0.3) is 0 Å². The van der Waals surface area contributed by atoms with Gasteiger partial charge in [-0.2, -0.15) is 4.31 Å². The number of aromatic nitrogens is 1. The first-order chi connectivity index (χ1) is 15.2. The van der Waals surface area contributed by atoms with Gasteiger partial charge in [-0.25, -0.2) is 17.6 Å². The van der Waals surface area contributed by atoms with Crippen molar-refractivity contribution in [3.05, 3.63) is 48.0 Å². The number of methoxy groups -OCH3 is 1. The molecule has 0 bridgehead atoms. The average molecular weight is 467 g/mol. The van der Waals surface area contributed by atoms with Crippen LogP contribution in [0.15, 0.2) is 36.5 Å². The molecule has 0 spiro atoms. The SMILES string of the molecule is CCS(=O)(=O)N1CC[C@H](Oc2cc(F)cc(NC(=O)Nc3ccc(C)nc3)c2)[C@H]1COC. The number of nitrogens with zero attached hydrogens (tertiary/aromatic N) is 2. The zero-order chi connectivity index (χ0) is 23.3. The van der Waals surface area contributed by atoms with E-state index in [0.717, 1.165) is 11.8 Å². The summed E-state index contributed by atoms with van der Waals surface area (Å²) in [5.41, 5.74) is 1.50. The maximum Gasteiger partial charge on any atom is 0.323 e. The number of rotatable bonds is 8. The average Bonchev–Trinajstić information content (AvgIpc) is 3.12. The zero-order valence-corrected chi connectivity index (χ0v) is 19.0. The van der Waals surface area contributed by atoms with Gasteiger partial charge in [0.05, 0.1) is 30.3 Å². The number of pyridine rings is 1. The number of carbonyl (C=O) groups excluding carboxylic acids is 1. The fourth-order valence-corrected chi connectivity index (χ4v) is 4.85. The molecule has 174 valence electrons. The molecule has 1 aromatic carbocycles. The van der Waals surface area contributed by atoms with E-state index in [9.17, 15) is 17.6 Å². The van der Waals surface area contributed by atoms with Crippen LogP contribution in [0.4, 0.5) is 20.6 Å². The molecule has 0 unspecified atom stereocenters. The Morgan fingerprint density at radius 3 is 2.66 bits per heavy atom. The van der Waals surface area contributed by atoms with Crippen molar-refractivity contribution in [1.29, 1.82) is 0 Å². The summed E-state index contributed by atoms with van der Waals surface area (Å²) in [6.45, 7) is 3.85. The van der Waals surface area contributed by atoms with Crippen molar-refractivity contribution in [2.75, 3.05) is 36.6 Å². The largest absolute Gasteiger partial charge is 0.488 e. The molecule has 3 rings (SSSR count). The van der Waals surface area contributed by atoms with E-state index in [2.05, 4.69) is 15.6 Å². The monoisotopic (exact) mass is 466 g/mol. The summed E-state index contributed by atoms with van der Waals surface area (Å²) >= 11 is 0. The molecular weight excluding hydrogens is 439 g/mol. The Balaban J connectivity index is 1.71. The Hall–Kier alpha value is -2.76. The molecule has 1 fully saturated rings. The molecule has 2 amide bonds. The Morgan fingerprint density at radius 1 is 1.25 bits per heavy atom. The summed E-state index contributed by atoms with van der Waals surface area (Å²) in [6, 6.07) is 6.20. The van der Waals surface area contributed by atoms with Crippen LogP contribution in [-0.2, 0) is 14.8 Å². The smallest absolute Gasteiger partial charge is 0.323 e. The van der Waals surface area contributed by atoms with Gasteiger partial charge < -0.3 is 20.1 Å². The maximum atomic E-state index is 14.2. The lowest BCUT2D eigenvalue weighted by Gasteiger charge is -2.27. The van der Waals surface area contributed by atoms with Crippen molar-refractivity contribution < 1.29 is 27.1 Å². The molecule has 1 aromatic heterocycles. The minimum Gasteiger partial charge on any atom is -0.488 e. The summed E-state index contributed by atoms with van der Waals surface area (Å²) in [7, 11) is -1.95. The third kappa shape index (κ3) is 5.93. The second-order valence-electron chi connectivity index (χ2n) is 7.42. The van der Waals surface area contributed by atoms with Crippen LogP contribution >= 0.6 is 0 Å². The van der Waals surface area contributed by atoms with Gasteiger partial charge in [0, 0.05) is 37.2 Å². The predicted octanol–water partition coefficient (Wildman–Crippen LogP) is 2.99. The molecule has 1 aliphatic heterocycles. The highest BCUT2D eigenvalue weighted by molar-refractivity contribution is 7.89. The molecule has 1 saturated heterocycles. The number of urea groups is 1. The van der Waals surface area contributed by atoms with Gasteiger partial charge >= 0.3 is 6.03 Å². The van der Waals surface area contributed by atoms with Crippen LogP contribution in [0.1, 0.15) is 19.0 Å². The van der Waals surface area contributed by atoms with Gasteiger partial charge in [0.2, 0.25) is 10.0 Å². The first kappa shape index (κ1) is 23.9. The number of hydrogen-bond donors (Lipinski definition) is 2. The van der Waals surface area contributed by atoms with E-state index in [1.165, 1.54) is 29.7 Å². The van der Waals surface area contributed by atoms with E-state index in [4.69, 9.17) is 9.47 Å². The number of aryl methyl sites for hydroxylation is 1. The molecule has 32 heavy (non-hydrogen) atoms. The van der Waals surface area contributed by atoms with E-state index in [1.54, 1.807) is 19.1 Å². The second kappa shape index (κ2) is 10.2. The lowest BCUT2D eigenvalue weighted by atomic mass is 10.2. The Morgan fingerprint density at radius 2 is 2.00 bits per heavy atom. The number of ether oxygens (including phenoxy) is 2. The Labute approximate surface area is 187 Å². The summed E-state index contributed by atoms with van der Waals surface area (Å²) in [5, 5.41) is 5.18. The van der Waals surface area contributed by atoms with Crippen LogP contribution < -0.4 is 15.4 Å². The normalized spacial score (nSPS) is 19.0. The van der Waals surface area contributed by atoms with Crippen molar-refractivity contribution in [1.82, 2.24) is 9.29 Å². The van der Waals surface area contributed by atoms with Crippen molar-refractivity contribution in [3.63, 3.8) is 0 Å². The van der Waals surface area contributed by atoms with Gasteiger partial charge in [0.25, 0.3) is 0 Å². The number of carbonyl (C=O) groups is 1. The maximum absolute atomic E-state index is 14.2. The molecule has 2 aromatic rings. The predicted molar refractivity (Wildman–Crippen MR) is 119 cm³/mol. The van der Waals surface area contributed by atoms with Crippen LogP contribution in [0.2, 0.25) is 0 Å². The first-order valence-electron chi connectivity index (χ1n) is 10.2. The van der Waals surface area contributed by atoms with Gasteiger partial charge in [-0.3, -0.25) is 4.98 Å². The fourth-order valence-electron chi connectivity index (χ4n) is 3.52. The molecule has 11 heteroatoms. The first-order valence-corrected chi connectivity index (χ1v) is 11.8. The lowest BCUT2D eigenvalue weighted by molar-refractivity contribution is 0.0880. The van der Waals surface area contributed by atoms with E-state index in [0.29, 0.717) is 18.7 Å². The molecule has 2 heterocycles. The summed E-state index contributed by atoms with van der Waals surface area (Å²) < 4.78 is 51.5. The number of benzene rings is 1. The van der Waals surface area contributed by atoms with Gasteiger partial charge in [0.1, 0.15) is 17.7 Å². The van der Waals surface area contributed by atoms with Crippen LogP contribution in [0, 0.1) is 12.7 Å². The molecule has 0 aliphatic carbocycles. The van der Waals surface area contributed by atoms with Gasteiger partial charge in [-0.1, -0.05) is 0 Å². The second-order valence-corrected chi connectivity index (χ2v) is 9.63. The third-order valence-corrected chi connectivity index (χ3v) is 6.98. The van der Waals surface area contributed by atoms with E-state index in [1.807, 2.05) is 6.92 Å². The van der Waals surface area contributed by atoms with Crippen molar-refractivity contribution in [3.8, 4) is 5.75 Å². The number of nitrogens with one attached hydrogen (secondary N) is 2. The minimum absolute atomic E-state index is 0.0282. The molecule has 0 radical (unpaired) electrons. The number of hydrogen-bond acceptors (Lipinski definition) is 6. The summed E-state index contributed by atoms with van der Waals surface area (Å²) in [4.78, 5) is 16.4. The number of halogens is 1. The molecule has 9 nitrogen and oxygen atoms in total. The van der Waals surface area contributed by atoms with E-state index < -0.39 is 34.0 Å².